The number of nitrogens with one attached hydrogen (secondary N) is 1. The Bertz CT molecular complexity index is 734. The molecule has 8 heteroatoms. The van der Waals surface area contributed by atoms with E-state index in [1.807, 2.05) is 23.1 Å². The summed E-state index contributed by atoms with van der Waals surface area (Å²) in [7, 11) is 1.67. The van der Waals surface area contributed by atoms with Crippen LogP contribution in [0.25, 0.3) is 0 Å². The van der Waals surface area contributed by atoms with Crippen LogP contribution in [0.4, 0.5) is 11.5 Å². The van der Waals surface area contributed by atoms with Crippen molar-refractivity contribution < 1.29 is 9.47 Å². The van der Waals surface area contributed by atoms with E-state index in [-0.39, 0.29) is 5.41 Å². The second-order valence-electron chi connectivity index (χ2n) is 7.82. The van der Waals surface area contributed by atoms with E-state index in [0.717, 1.165) is 62.4 Å². The third-order valence-electron chi connectivity index (χ3n) is 4.40. The van der Waals surface area contributed by atoms with Crippen molar-refractivity contribution in [2.24, 2.45) is 0 Å². The lowest BCUT2D eigenvalue weighted by molar-refractivity contribution is 0.0360. The average molecular weight is 374 g/mol. The maximum Gasteiger partial charge on any atom is 0.136 e. The zero-order valence-corrected chi connectivity index (χ0v) is 16.7. The van der Waals surface area contributed by atoms with Crippen molar-refractivity contribution in [2.45, 2.75) is 39.3 Å². The lowest BCUT2D eigenvalue weighted by atomic mass is 9.95. The highest BCUT2D eigenvalue weighted by Crippen LogP contribution is 2.22. The molecule has 1 saturated heterocycles. The minimum atomic E-state index is -0.136. The van der Waals surface area contributed by atoms with E-state index in [1.165, 1.54) is 0 Å². The van der Waals surface area contributed by atoms with Crippen molar-refractivity contribution in [2.75, 3.05) is 45.3 Å². The van der Waals surface area contributed by atoms with Crippen LogP contribution in [0.3, 0.4) is 0 Å². The van der Waals surface area contributed by atoms with Gasteiger partial charge in [-0.15, -0.1) is 0 Å². The molecule has 0 bridgehead atoms. The van der Waals surface area contributed by atoms with Gasteiger partial charge < -0.3 is 14.8 Å². The monoisotopic (exact) mass is 374 g/mol. The van der Waals surface area contributed by atoms with Crippen molar-refractivity contribution in [3.05, 3.63) is 30.0 Å². The van der Waals surface area contributed by atoms with Crippen molar-refractivity contribution in [3.8, 4) is 0 Å². The molecule has 2 aromatic rings. The molecule has 0 saturated carbocycles. The Morgan fingerprint density at radius 2 is 1.96 bits per heavy atom. The van der Waals surface area contributed by atoms with Crippen molar-refractivity contribution in [1.82, 2.24) is 24.6 Å². The molecule has 148 valence electrons. The molecular weight excluding hydrogens is 344 g/mol. The summed E-state index contributed by atoms with van der Waals surface area (Å²) in [5.74, 6) is 1.55. The molecule has 0 radical (unpaired) electrons. The Morgan fingerprint density at radius 3 is 2.67 bits per heavy atom. The molecule has 0 spiro atoms. The predicted octanol–water partition coefficient (Wildman–Crippen LogP) is 2.19. The molecule has 8 nitrogen and oxygen atoms in total. The van der Waals surface area contributed by atoms with Crippen LogP contribution < -0.4 is 5.32 Å². The molecule has 3 rings (SSSR count). The van der Waals surface area contributed by atoms with E-state index in [9.17, 15) is 0 Å². The number of hydrogen-bond donors (Lipinski definition) is 1. The van der Waals surface area contributed by atoms with Gasteiger partial charge in [0.05, 0.1) is 43.9 Å². The molecule has 1 N–H and O–H groups in total. The molecule has 1 fully saturated rings. The van der Waals surface area contributed by atoms with Gasteiger partial charge >= 0.3 is 0 Å². The molecule has 1 aliphatic rings. The summed E-state index contributed by atoms with van der Waals surface area (Å²) in [6.45, 7) is 12.2. The molecule has 0 aliphatic carbocycles. The van der Waals surface area contributed by atoms with Gasteiger partial charge in [0.1, 0.15) is 11.6 Å². The quantitative estimate of drug-likeness (QED) is 0.796. The Hall–Kier alpha value is -2.03. The molecule has 0 atom stereocenters. The Kier molecular flexibility index (Phi) is 6.41. The van der Waals surface area contributed by atoms with Crippen LogP contribution in [0.15, 0.2) is 18.5 Å². The highest BCUT2D eigenvalue weighted by atomic mass is 16.5. The van der Waals surface area contributed by atoms with Gasteiger partial charge in [0, 0.05) is 44.4 Å². The summed E-state index contributed by atoms with van der Waals surface area (Å²) in [5.41, 5.74) is 1.64. The van der Waals surface area contributed by atoms with Crippen LogP contribution in [-0.4, -0.2) is 64.6 Å². The number of nitrogens with zero attached hydrogens (tertiary/aromatic N) is 5. The highest BCUT2D eigenvalue weighted by Gasteiger charge is 2.19. The molecule has 3 heterocycles. The first-order valence-corrected chi connectivity index (χ1v) is 9.41. The molecule has 0 amide bonds. The average Bonchev–Trinajstić information content (AvgIpc) is 3.07. The summed E-state index contributed by atoms with van der Waals surface area (Å²) in [5, 5.41) is 7.80. The van der Waals surface area contributed by atoms with Gasteiger partial charge in [-0.05, 0) is 0 Å². The van der Waals surface area contributed by atoms with Crippen molar-refractivity contribution >= 4 is 11.5 Å². The Balaban J connectivity index is 1.66. The SMILES string of the molecule is COCc1cc(Nc2cnn(CCN3CCOCC3)c2)nc(C(C)(C)C)n1. The molecular formula is C19H30N6O2. The first kappa shape index (κ1) is 19.7. The van der Waals surface area contributed by atoms with Crippen molar-refractivity contribution in [3.63, 3.8) is 0 Å². The lowest BCUT2D eigenvalue weighted by Crippen LogP contribution is -2.38. The van der Waals surface area contributed by atoms with Gasteiger partial charge in [0.15, 0.2) is 0 Å². The summed E-state index contributed by atoms with van der Waals surface area (Å²) in [4.78, 5) is 11.7. The highest BCUT2D eigenvalue weighted by molar-refractivity contribution is 5.54. The normalized spacial score (nSPS) is 15.9. The number of rotatable bonds is 7. The lowest BCUT2D eigenvalue weighted by Gasteiger charge is -2.26. The van der Waals surface area contributed by atoms with Gasteiger partial charge in [-0.1, -0.05) is 20.8 Å². The number of methoxy groups -OCH3 is 1. The summed E-state index contributed by atoms with van der Waals surface area (Å²) < 4.78 is 12.6. The second kappa shape index (κ2) is 8.77. The van der Waals surface area contributed by atoms with Crippen LogP contribution in [0.5, 0.6) is 0 Å². The molecule has 0 aromatic carbocycles. The van der Waals surface area contributed by atoms with Crippen LogP contribution in [0.1, 0.15) is 32.3 Å². The van der Waals surface area contributed by atoms with E-state index >= 15 is 0 Å². The number of morpholine rings is 1. The van der Waals surface area contributed by atoms with Crippen LogP contribution in [0, 0.1) is 0 Å². The first-order chi connectivity index (χ1) is 12.9. The van der Waals surface area contributed by atoms with Crippen LogP contribution in [-0.2, 0) is 28.0 Å². The Morgan fingerprint density at radius 1 is 1.19 bits per heavy atom. The molecule has 0 unspecified atom stereocenters. The Labute approximate surface area is 160 Å². The first-order valence-electron chi connectivity index (χ1n) is 9.41. The second-order valence-corrected chi connectivity index (χ2v) is 7.82. The predicted molar refractivity (Wildman–Crippen MR) is 104 cm³/mol. The van der Waals surface area contributed by atoms with E-state index in [2.05, 4.69) is 46.1 Å². The van der Waals surface area contributed by atoms with Gasteiger partial charge in [0.25, 0.3) is 0 Å². The van der Waals surface area contributed by atoms with E-state index < -0.39 is 0 Å². The standard InChI is InChI=1S/C19H30N6O2/c1-19(2,3)18-22-15(14-26-4)11-17(23-18)21-16-12-20-25(13-16)6-5-24-7-9-27-10-8-24/h11-13H,5-10,14H2,1-4H3,(H,21,22,23). The number of hydrogen-bond acceptors (Lipinski definition) is 7. The summed E-state index contributed by atoms with van der Waals surface area (Å²) in [6.07, 6.45) is 3.84. The molecule has 27 heavy (non-hydrogen) atoms. The minimum absolute atomic E-state index is 0.136. The van der Waals surface area contributed by atoms with Gasteiger partial charge in [0.2, 0.25) is 0 Å². The topological polar surface area (TPSA) is 77.3 Å². The van der Waals surface area contributed by atoms with E-state index in [1.54, 1.807) is 7.11 Å². The van der Waals surface area contributed by atoms with Crippen molar-refractivity contribution in [1.29, 1.82) is 0 Å². The third kappa shape index (κ3) is 5.72. The number of aromatic nitrogens is 4. The third-order valence-corrected chi connectivity index (χ3v) is 4.40. The smallest absolute Gasteiger partial charge is 0.136 e. The summed E-state index contributed by atoms with van der Waals surface area (Å²) >= 11 is 0. The van der Waals surface area contributed by atoms with E-state index in [4.69, 9.17) is 9.47 Å². The van der Waals surface area contributed by atoms with Gasteiger partial charge in [-0.25, -0.2) is 9.97 Å². The number of ether oxygens (including phenoxy) is 2. The molecule has 1 aliphatic heterocycles. The molecule has 2 aromatic heterocycles. The fourth-order valence-electron chi connectivity index (χ4n) is 2.89. The maximum atomic E-state index is 5.39. The van der Waals surface area contributed by atoms with Crippen LogP contribution >= 0.6 is 0 Å². The number of anilines is 2. The van der Waals surface area contributed by atoms with Crippen LogP contribution in [0.2, 0.25) is 0 Å². The van der Waals surface area contributed by atoms with E-state index in [0.29, 0.717) is 6.61 Å². The van der Waals surface area contributed by atoms with Gasteiger partial charge in [-0.2, -0.15) is 5.10 Å². The zero-order chi connectivity index (χ0) is 19.3. The largest absolute Gasteiger partial charge is 0.379 e. The van der Waals surface area contributed by atoms with Gasteiger partial charge in [-0.3, -0.25) is 9.58 Å². The summed E-state index contributed by atoms with van der Waals surface area (Å²) in [6, 6.07) is 1.92. The zero-order valence-electron chi connectivity index (χ0n) is 16.7. The fourth-order valence-corrected chi connectivity index (χ4v) is 2.89. The maximum absolute atomic E-state index is 5.39. The fraction of sp³-hybridized carbons (Fsp3) is 0.632. The minimum Gasteiger partial charge on any atom is -0.379 e.